The number of amides is 2. The average Bonchev–Trinajstić information content (AvgIpc) is 3.45. The predicted octanol–water partition coefficient (Wildman–Crippen LogP) is 5.88. The summed E-state index contributed by atoms with van der Waals surface area (Å²) in [5.41, 5.74) is 2.80. The summed E-state index contributed by atoms with van der Waals surface area (Å²) in [5, 5.41) is 3.57. The molecule has 0 heterocycles. The Morgan fingerprint density at radius 2 is 1.66 bits per heavy atom. The van der Waals surface area contributed by atoms with Gasteiger partial charge in [0.2, 0.25) is 21.8 Å². The minimum absolute atomic E-state index is 0.0626. The number of nitrogens with one attached hydrogen (secondary N) is 1. The molecule has 2 amide bonds. The number of sulfonamides is 1. The third-order valence-corrected chi connectivity index (χ3v) is 9.44. The van der Waals surface area contributed by atoms with Crippen LogP contribution < -0.4 is 9.62 Å². The topological polar surface area (TPSA) is 86.8 Å². The van der Waals surface area contributed by atoms with Gasteiger partial charge in [-0.25, -0.2) is 8.42 Å². The molecule has 0 aliphatic heterocycles. The lowest BCUT2D eigenvalue weighted by atomic mass is 10.0. The maximum Gasteiger partial charge on any atom is 0.244 e. The lowest BCUT2D eigenvalue weighted by Crippen LogP contribution is -2.54. The van der Waals surface area contributed by atoms with Crippen molar-refractivity contribution in [3.05, 3.63) is 99.0 Å². The molecular weight excluding hydrogens is 626 g/mol. The van der Waals surface area contributed by atoms with Crippen LogP contribution in [0.4, 0.5) is 5.69 Å². The fourth-order valence-electron chi connectivity index (χ4n) is 5.06. The maximum absolute atomic E-state index is 14.2. The van der Waals surface area contributed by atoms with Gasteiger partial charge in [0.1, 0.15) is 12.6 Å². The summed E-state index contributed by atoms with van der Waals surface area (Å²) in [6.45, 7) is 1.48. The standard InChI is InChI=1S/C31H35BrClN3O4S/c1-22-12-17-27(19-28(22)33)36(41(2,39)40)21-30(37)35(20-24-13-15-25(32)16-14-24)29(18-23-8-4-3-5-9-23)31(38)34-26-10-6-7-11-26/h3-5,8-9,12-17,19,26,29H,6-7,10-11,18,20-21H2,1-2H3,(H,34,38). The van der Waals surface area contributed by atoms with Crippen molar-refractivity contribution in [2.45, 2.75) is 57.7 Å². The average molecular weight is 661 g/mol. The third kappa shape index (κ3) is 8.56. The maximum atomic E-state index is 14.2. The zero-order valence-corrected chi connectivity index (χ0v) is 26.4. The molecule has 10 heteroatoms. The van der Waals surface area contributed by atoms with E-state index >= 15 is 0 Å². The lowest BCUT2D eigenvalue weighted by molar-refractivity contribution is -0.140. The molecule has 0 spiro atoms. The minimum atomic E-state index is -3.86. The van der Waals surface area contributed by atoms with Crippen LogP contribution in [-0.2, 0) is 32.6 Å². The number of hydrogen-bond donors (Lipinski definition) is 1. The first-order chi connectivity index (χ1) is 19.5. The molecule has 41 heavy (non-hydrogen) atoms. The summed E-state index contributed by atoms with van der Waals surface area (Å²) in [6.07, 6.45) is 5.26. The highest BCUT2D eigenvalue weighted by atomic mass is 79.9. The highest BCUT2D eigenvalue weighted by Crippen LogP contribution is 2.26. The van der Waals surface area contributed by atoms with Crippen LogP contribution in [0.25, 0.3) is 0 Å². The Bertz CT molecular complexity index is 1460. The largest absolute Gasteiger partial charge is 0.352 e. The molecule has 0 saturated heterocycles. The van der Waals surface area contributed by atoms with Crippen LogP contribution in [0.5, 0.6) is 0 Å². The SMILES string of the molecule is Cc1ccc(N(CC(=O)N(Cc2ccc(Br)cc2)C(Cc2ccccc2)C(=O)NC2CCCC2)S(C)(=O)=O)cc1Cl. The van der Waals surface area contributed by atoms with Crippen LogP contribution in [0, 0.1) is 6.92 Å². The van der Waals surface area contributed by atoms with E-state index in [1.165, 1.54) is 4.90 Å². The summed E-state index contributed by atoms with van der Waals surface area (Å²) < 4.78 is 27.8. The van der Waals surface area contributed by atoms with Crippen LogP contribution >= 0.6 is 27.5 Å². The van der Waals surface area contributed by atoms with Crippen LogP contribution in [0.3, 0.4) is 0 Å². The number of carbonyl (C=O) groups is 2. The molecule has 218 valence electrons. The van der Waals surface area contributed by atoms with Gasteiger partial charge in [0.15, 0.2) is 0 Å². The number of halogens is 2. The molecule has 1 unspecified atom stereocenters. The molecule has 3 aromatic carbocycles. The second-order valence-corrected chi connectivity index (χ2v) is 13.8. The highest BCUT2D eigenvalue weighted by Gasteiger charge is 2.34. The van der Waals surface area contributed by atoms with Crippen LogP contribution in [0.1, 0.15) is 42.4 Å². The number of benzene rings is 3. The van der Waals surface area contributed by atoms with Gasteiger partial charge in [-0.05, 0) is 60.7 Å². The number of carbonyl (C=O) groups excluding carboxylic acids is 2. The molecule has 1 saturated carbocycles. The van der Waals surface area contributed by atoms with Gasteiger partial charge in [0.25, 0.3) is 0 Å². The van der Waals surface area contributed by atoms with Gasteiger partial charge in [-0.1, -0.05) is 88.9 Å². The molecule has 0 radical (unpaired) electrons. The Kier molecular flexibility index (Phi) is 10.5. The lowest BCUT2D eigenvalue weighted by Gasteiger charge is -2.34. The van der Waals surface area contributed by atoms with Crippen molar-refractivity contribution in [3.63, 3.8) is 0 Å². The Morgan fingerprint density at radius 1 is 1.00 bits per heavy atom. The van der Waals surface area contributed by atoms with E-state index in [-0.39, 0.29) is 30.6 Å². The smallest absolute Gasteiger partial charge is 0.244 e. The molecular formula is C31H35BrClN3O4S. The third-order valence-electron chi connectivity index (χ3n) is 7.36. The molecule has 3 aromatic rings. The van der Waals surface area contributed by atoms with Gasteiger partial charge < -0.3 is 10.2 Å². The quantitative estimate of drug-likeness (QED) is 0.279. The van der Waals surface area contributed by atoms with E-state index in [9.17, 15) is 18.0 Å². The summed E-state index contributed by atoms with van der Waals surface area (Å²) >= 11 is 9.77. The first kappa shape index (κ1) is 31.1. The van der Waals surface area contributed by atoms with Crippen molar-refractivity contribution in [2.24, 2.45) is 0 Å². The Hall–Kier alpha value is -2.88. The van der Waals surface area contributed by atoms with Gasteiger partial charge in [-0.3, -0.25) is 13.9 Å². The Balaban J connectivity index is 1.72. The zero-order chi connectivity index (χ0) is 29.6. The molecule has 1 N–H and O–H groups in total. The number of nitrogens with zero attached hydrogens (tertiary/aromatic N) is 2. The van der Waals surface area contributed by atoms with E-state index in [1.807, 2.05) is 61.5 Å². The number of aryl methyl sites for hydroxylation is 1. The molecule has 4 rings (SSSR count). The van der Waals surface area contributed by atoms with Crippen LogP contribution in [-0.4, -0.2) is 50.0 Å². The van der Waals surface area contributed by atoms with E-state index in [2.05, 4.69) is 21.2 Å². The molecule has 0 aromatic heterocycles. The van der Waals surface area contributed by atoms with E-state index in [0.29, 0.717) is 5.02 Å². The van der Waals surface area contributed by atoms with E-state index in [1.54, 1.807) is 18.2 Å². The first-order valence-electron chi connectivity index (χ1n) is 13.6. The Labute approximate surface area is 256 Å². The Morgan fingerprint density at radius 3 is 2.27 bits per heavy atom. The van der Waals surface area contributed by atoms with Gasteiger partial charge in [-0.2, -0.15) is 0 Å². The number of anilines is 1. The molecule has 0 bridgehead atoms. The highest BCUT2D eigenvalue weighted by molar-refractivity contribution is 9.10. The van der Waals surface area contributed by atoms with Crippen molar-refractivity contribution < 1.29 is 18.0 Å². The predicted molar refractivity (Wildman–Crippen MR) is 167 cm³/mol. The number of rotatable bonds is 11. The fraction of sp³-hybridized carbons (Fsp3) is 0.355. The fourth-order valence-corrected chi connectivity index (χ4v) is 6.34. The molecule has 7 nitrogen and oxygen atoms in total. The van der Waals surface area contributed by atoms with Crippen LogP contribution in [0.2, 0.25) is 5.02 Å². The summed E-state index contributed by atoms with van der Waals surface area (Å²) in [4.78, 5) is 29.5. The van der Waals surface area contributed by atoms with Crippen molar-refractivity contribution in [3.8, 4) is 0 Å². The molecule has 1 fully saturated rings. The van der Waals surface area contributed by atoms with Crippen LogP contribution in [0.15, 0.2) is 77.3 Å². The van der Waals surface area contributed by atoms with Crippen molar-refractivity contribution in [1.82, 2.24) is 10.2 Å². The molecule has 1 aliphatic rings. The molecule has 1 atom stereocenters. The van der Waals surface area contributed by atoms with Gasteiger partial charge >= 0.3 is 0 Å². The van der Waals surface area contributed by atoms with Gasteiger partial charge in [0, 0.05) is 28.5 Å². The zero-order valence-electron chi connectivity index (χ0n) is 23.2. The van der Waals surface area contributed by atoms with Gasteiger partial charge in [-0.15, -0.1) is 0 Å². The molecule has 1 aliphatic carbocycles. The summed E-state index contributed by atoms with van der Waals surface area (Å²) in [6, 6.07) is 21.2. The van der Waals surface area contributed by atoms with E-state index in [0.717, 1.165) is 57.4 Å². The number of hydrogen-bond acceptors (Lipinski definition) is 4. The van der Waals surface area contributed by atoms with Gasteiger partial charge in [0.05, 0.1) is 11.9 Å². The minimum Gasteiger partial charge on any atom is -0.352 e. The van der Waals surface area contributed by atoms with E-state index < -0.39 is 28.5 Å². The van der Waals surface area contributed by atoms with E-state index in [4.69, 9.17) is 11.6 Å². The van der Waals surface area contributed by atoms with Crippen molar-refractivity contribution in [1.29, 1.82) is 0 Å². The summed E-state index contributed by atoms with van der Waals surface area (Å²) in [7, 11) is -3.86. The first-order valence-corrected chi connectivity index (χ1v) is 16.7. The summed E-state index contributed by atoms with van der Waals surface area (Å²) in [5.74, 6) is -0.729. The normalized spacial score (nSPS) is 14.4. The second kappa shape index (κ2) is 13.9. The monoisotopic (exact) mass is 659 g/mol. The van der Waals surface area contributed by atoms with Crippen molar-refractivity contribution >= 4 is 55.1 Å². The van der Waals surface area contributed by atoms with Crippen molar-refractivity contribution in [2.75, 3.05) is 17.1 Å². The second-order valence-electron chi connectivity index (χ2n) is 10.5.